The van der Waals surface area contributed by atoms with E-state index in [9.17, 15) is 4.79 Å². The minimum atomic E-state index is 0.0485. The molecule has 28 heavy (non-hydrogen) atoms. The van der Waals surface area contributed by atoms with E-state index >= 15 is 0 Å². The third-order valence-corrected chi connectivity index (χ3v) is 5.28. The van der Waals surface area contributed by atoms with Gasteiger partial charge < -0.3 is 20.0 Å². The lowest BCUT2D eigenvalue weighted by Gasteiger charge is -2.23. The Hall–Kier alpha value is -2.74. The molecule has 2 aliphatic heterocycles. The highest BCUT2D eigenvalue weighted by molar-refractivity contribution is 5.94. The average Bonchev–Trinajstić information content (AvgIpc) is 3.17. The molecule has 0 aromatic carbocycles. The number of amides is 1. The van der Waals surface area contributed by atoms with Crippen molar-refractivity contribution in [2.45, 2.75) is 12.8 Å². The summed E-state index contributed by atoms with van der Waals surface area (Å²) in [7, 11) is 0. The fraction of sp³-hybridized carbons (Fsp3) is 0.500. The Morgan fingerprint density at radius 2 is 1.71 bits per heavy atom. The van der Waals surface area contributed by atoms with E-state index in [1.165, 1.54) is 0 Å². The van der Waals surface area contributed by atoms with Crippen molar-refractivity contribution < 1.29 is 4.79 Å². The third-order valence-electron chi connectivity index (χ3n) is 5.28. The molecule has 0 radical (unpaired) electrons. The second-order valence-electron chi connectivity index (χ2n) is 7.18. The van der Waals surface area contributed by atoms with Crippen molar-refractivity contribution in [2.75, 3.05) is 62.2 Å². The van der Waals surface area contributed by atoms with Gasteiger partial charge in [0.25, 0.3) is 5.91 Å². The lowest BCUT2D eigenvalue weighted by molar-refractivity contribution is 0.0766. The van der Waals surface area contributed by atoms with Gasteiger partial charge in [0.2, 0.25) is 5.95 Å². The monoisotopic (exact) mass is 381 g/mol. The first-order chi connectivity index (χ1) is 13.8. The molecule has 0 unspecified atom stereocenters. The number of nitrogens with zero attached hydrogens (tertiary/aromatic N) is 6. The molecule has 148 valence electrons. The molecule has 1 N–H and O–H groups in total. The lowest BCUT2D eigenvalue weighted by atomic mass is 10.2. The summed E-state index contributed by atoms with van der Waals surface area (Å²) in [5.41, 5.74) is 0.654. The highest BCUT2D eigenvalue weighted by Gasteiger charge is 2.22. The van der Waals surface area contributed by atoms with E-state index < -0.39 is 0 Å². The first-order valence-electron chi connectivity index (χ1n) is 10.0. The molecule has 1 amide bonds. The minimum absolute atomic E-state index is 0.0485. The molecule has 0 aliphatic carbocycles. The first kappa shape index (κ1) is 18.6. The van der Waals surface area contributed by atoms with E-state index in [4.69, 9.17) is 0 Å². The predicted octanol–water partition coefficient (Wildman–Crippen LogP) is 1.02. The topological polar surface area (TPSA) is 77.5 Å². The lowest BCUT2D eigenvalue weighted by Crippen LogP contribution is -2.35. The Labute approximate surface area is 165 Å². The molecule has 2 aliphatic rings. The van der Waals surface area contributed by atoms with Crippen molar-refractivity contribution >= 4 is 17.7 Å². The van der Waals surface area contributed by atoms with Gasteiger partial charge in [0.15, 0.2) is 0 Å². The largest absolute Gasteiger partial charge is 0.355 e. The molecule has 8 heteroatoms. The average molecular weight is 381 g/mol. The minimum Gasteiger partial charge on any atom is -0.355 e. The normalized spacial score (nSPS) is 18.5. The molecule has 2 fully saturated rings. The van der Waals surface area contributed by atoms with E-state index in [1.54, 1.807) is 18.6 Å². The van der Waals surface area contributed by atoms with E-state index in [2.05, 4.69) is 30.1 Å². The van der Waals surface area contributed by atoms with Gasteiger partial charge in [-0.3, -0.25) is 4.79 Å². The Bertz CT molecular complexity index is 760. The highest BCUT2D eigenvalue weighted by atomic mass is 16.2. The van der Waals surface area contributed by atoms with Gasteiger partial charge in [-0.25, -0.2) is 15.0 Å². The molecule has 0 atom stereocenters. The number of carbonyl (C=O) groups is 1. The van der Waals surface area contributed by atoms with Crippen molar-refractivity contribution in [3.63, 3.8) is 0 Å². The van der Waals surface area contributed by atoms with Gasteiger partial charge in [-0.15, -0.1) is 0 Å². The Balaban J connectivity index is 1.38. The van der Waals surface area contributed by atoms with Crippen LogP contribution in [0.1, 0.15) is 23.2 Å². The summed E-state index contributed by atoms with van der Waals surface area (Å²) >= 11 is 0. The van der Waals surface area contributed by atoms with E-state index in [0.29, 0.717) is 12.1 Å². The molecular formula is C20H27N7O. The molecule has 2 saturated heterocycles. The molecule has 0 spiro atoms. The highest BCUT2D eigenvalue weighted by Crippen LogP contribution is 2.16. The maximum Gasteiger partial charge on any atom is 0.255 e. The van der Waals surface area contributed by atoms with Crippen LogP contribution in [-0.4, -0.2) is 78.1 Å². The zero-order valence-corrected chi connectivity index (χ0v) is 16.1. The maximum atomic E-state index is 13.0. The van der Waals surface area contributed by atoms with Gasteiger partial charge in [0, 0.05) is 64.4 Å². The van der Waals surface area contributed by atoms with Crippen molar-refractivity contribution in [3.8, 4) is 0 Å². The third kappa shape index (κ3) is 4.39. The number of carbonyl (C=O) groups excluding carboxylic acids is 1. The molecule has 4 heterocycles. The van der Waals surface area contributed by atoms with Crippen LogP contribution in [0, 0.1) is 0 Å². The molecule has 2 aromatic rings. The Morgan fingerprint density at radius 1 is 0.857 bits per heavy atom. The second-order valence-corrected chi connectivity index (χ2v) is 7.18. The van der Waals surface area contributed by atoms with Crippen LogP contribution in [0.25, 0.3) is 0 Å². The standard InChI is InChI=1S/C20H27N7O/c28-19(17-4-5-18(24-16-17)25-10-2-6-21-9-13-25)26-11-3-12-27(15-14-26)20-22-7-1-8-23-20/h1,4-5,7-8,16,21H,2-3,6,9-15H2. The predicted molar refractivity (Wildman–Crippen MR) is 109 cm³/mol. The number of rotatable bonds is 3. The Morgan fingerprint density at radius 3 is 2.54 bits per heavy atom. The van der Waals surface area contributed by atoms with Crippen LogP contribution in [0.3, 0.4) is 0 Å². The quantitative estimate of drug-likeness (QED) is 0.851. The van der Waals surface area contributed by atoms with Gasteiger partial charge in [0.05, 0.1) is 5.56 Å². The van der Waals surface area contributed by atoms with Gasteiger partial charge in [-0.1, -0.05) is 0 Å². The fourth-order valence-electron chi connectivity index (χ4n) is 3.73. The van der Waals surface area contributed by atoms with Crippen molar-refractivity contribution in [1.82, 2.24) is 25.2 Å². The summed E-state index contributed by atoms with van der Waals surface area (Å²) in [6.07, 6.45) is 7.24. The number of hydrogen-bond donors (Lipinski definition) is 1. The van der Waals surface area contributed by atoms with Crippen LogP contribution in [0.15, 0.2) is 36.8 Å². The van der Waals surface area contributed by atoms with Crippen LogP contribution >= 0.6 is 0 Å². The van der Waals surface area contributed by atoms with Crippen molar-refractivity contribution in [1.29, 1.82) is 0 Å². The molecule has 2 aromatic heterocycles. The van der Waals surface area contributed by atoms with Gasteiger partial charge in [-0.05, 0) is 37.6 Å². The van der Waals surface area contributed by atoms with Crippen molar-refractivity contribution in [3.05, 3.63) is 42.4 Å². The number of pyridine rings is 1. The zero-order chi connectivity index (χ0) is 19.2. The maximum absolute atomic E-state index is 13.0. The summed E-state index contributed by atoms with van der Waals surface area (Å²) in [6, 6.07) is 5.70. The summed E-state index contributed by atoms with van der Waals surface area (Å²) < 4.78 is 0. The second kappa shape index (κ2) is 8.97. The molecule has 4 rings (SSSR count). The summed E-state index contributed by atoms with van der Waals surface area (Å²) in [6.45, 7) is 6.96. The van der Waals surface area contributed by atoms with Crippen LogP contribution < -0.4 is 15.1 Å². The van der Waals surface area contributed by atoms with Gasteiger partial charge in [0.1, 0.15) is 5.82 Å². The zero-order valence-electron chi connectivity index (χ0n) is 16.1. The number of hydrogen-bond acceptors (Lipinski definition) is 7. The fourth-order valence-corrected chi connectivity index (χ4v) is 3.73. The Kier molecular flexibility index (Phi) is 5.96. The van der Waals surface area contributed by atoms with Gasteiger partial charge in [-0.2, -0.15) is 0 Å². The van der Waals surface area contributed by atoms with Crippen LogP contribution in [0.2, 0.25) is 0 Å². The van der Waals surface area contributed by atoms with Gasteiger partial charge >= 0.3 is 0 Å². The summed E-state index contributed by atoms with van der Waals surface area (Å²) in [5, 5.41) is 3.40. The molecule has 0 bridgehead atoms. The van der Waals surface area contributed by atoms with Crippen LogP contribution in [0.5, 0.6) is 0 Å². The number of aromatic nitrogens is 3. The smallest absolute Gasteiger partial charge is 0.255 e. The first-order valence-corrected chi connectivity index (χ1v) is 10.0. The molecule has 0 saturated carbocycles. The van der Waals surface area contributed by atoms with E-state index in [1.807, 2.05) is 23.1 Å². The summed E-state index contributed by atoms with van der Waals surface area (Å²) in [5.74, 6) is 1.73. The van der Waals surface area contributed by atoms with Crippen LogP contribution in [0.4, 0.5) is 11.8 Å². The summed E-state index contributed by atoms with van der Waals surface area (Å²) in [4.78, 5) is 32.5. The molecule has 8 nitrogen and oxygen atoms in total. The van der Waals surface area contributed by atoms with Crippen molar-refractivity contribution in [2.24, 2.45) is 0 Å². The van der Waals surface area contributed by atoms with E-state index in [-0.39, 0.29) is 5.91 Å². The number of anilines is 2. The SMILES string of the molecule is O=C(c1ccc(N2CCCNCC2)nc1)N1CCCN(c2ncccn2)CC1. The van der Waals surface area contributed by atoms with Crippen LogP contribution in [-0.2, 0) is 0 Å². The number of nitrogens with one attached hydrogen (secondary N) is 1. The molecular weight excluding hydrogens is 354 g/mol. The van der Waals surface area contributed by atoms with E-state index in [0.717, 1.165) is 70.4 Å².